The summed E-state index contributed by atoms with van der Waals surface area (Å²) >= 11 is 0. The van der Waals surface area contributed by atoms with Crippen LogP contribution < -0.4 is 0 Å². The molecule has 0 bridgehead atoms. The smallest absolute Gasteiger partial charge is 0.409 e. The fraction of sp³-hybridized carbons (Fsp3) is 0.444. The molecule has 0 aliphatic carbocycles. The summed E-state index contributed by atoms with van der Waals surface area (Å²) in [5, 5.41) is 7.73. The number of nitrogens with zero attached hydrogens (tertiary/aromatic N) is 4. The van der Waals surface area contributed by atoms with Crippen LogP contribution in [0.5, 0.6) is 0 Å². The highest BCUT2D eigenvalue weighted by Gasteiger charge is 2.31. The fourth-order valence-corrected chi connectivity index (χ4v) is 2.89. The molecule has 3 rings (SSSR count). The molecule has 0 saturated carbocycles. The van der Waals surface area contributed by atoms with Crippen LogP contribution in [0.4, 0.5) is 4.79 Å². The third-order valence-electron chi connectivity index (χ3n) is 4.38. The molecule has 1 atom stereocenters. The summed E-state index contributed by atoms with van der Waals surface area (Å²) in [5.41, 5.74) is 1.78. The SMILES string of the molecule is CCCCOC(=O)N1CCC(=O)C(c2ccc(-n3ccnn3)cc2)C1. The molecule has 1 unspecified atom stereocenters. The minimum absolute atomic E-state index is 0.158. The minimum Gasteiger partial charge on any atom is -0.449 e. The van der Waals surface area contributed by atoms with Crippen molar-refractivity contribution < 1.29 is 14.3 Å². The molecule has 132 valence electrons. The van der Waals surface area contributed by atoms with Gasteiger partial charge in [0.05, 0.1) is 30.6 Å². The molecule has 2 heterocycles. The van der Waals surface area contributed by atoms with Crippen LogP contribution in [0.1, 0.15) is 37.7 Å². The number of rotatable bonds is 5. The molecule has 0 radical (unpaired) electrons. The summed E-state index contributed by atoms with van der Waals surface area (Å²) in [6.45, 7) is 3.27. The topological polar surface area (TPSA) is 77.3 Å². The van der Waals surface area contributed by atoms with E-state index < -0.39 is 0 Å². The molecular formula is C18H22N4O3. The van der Waals surface area contributed by atoms with Crippen LogP contribution in [-0.2, 0) is 9.53 Å². The summed E-state index contributed by atoms with van der Waals surface area (Å²) in [5.74, 6) is -0.150. The van der Waals surface area contributed by atoms with Crippen molar-refractivity contribution >= 4 is 11.9 Å². The van der Waals surface area contributed by atoms with Crippen molar-refractivity contribution in [3.63, 3.8) is 0 Å². The molecule has 1 amide bonds. The molecule has 2 aromatic rings. The Bertz CT molecular complexity index is 712. The first-order valence-corrected chi connectivity index (χ1v) is 8.60. The quantitative estimate of drug-likeness (QED) is 0.781. The first-order valence-electron chi connectivity index (χ1n) is 8.60. The Labute approximate surface area is 146 Å². The van der Waals surface area contributed by atoms with Crippen molar-refractivity contribution in [3.05, 3.63) is 42.2 Å². The van der Waals surface area contributed by atoms with Crippen LogP contribution in [0.15, 0.2) is 36.7 Å². The van der Waals surface area contributed by atoms with Gasteiger partial charge in [-0.1, -0.05) is 30.7 Å². The largest absolute Gasteiger partial charge is 0.449 e. The van der Waals surface area contributed by atoms with Gasteiger partial charge < -0.3 is 9.64 Å². The highest BCUT2D eigenvalue weighted by Crippen LogP contribution is 2.25. The van der Waals surface area contributed by atoms with Gasteiger partial charge in [-0.25, -0.2) is 9.48 Å². The number of Topliss-reactive ketones (excluding diaryl/α,β-unsaturated/α-hetero) is 1. The van der Waals surface area contributed by atoms with Crippen LogP contribution >= 0.6 is 0 Å². The van der Waals surface area contributed by atoms with Crippen LogP contribution in [0, 0.1) is 0 Å². The molecule has 1 aliphatic heterocycles. The predicted molar refractivity (Wildman–Crippen MR) is 91.6 cm³/mol. The maximum atomic E-state index is 12.3. The lowest BCUT2D eigenvalue weighted by molar-refractivity contribution is -0.122. The average Bonchev–Trinajstić information content (AvgIpc) is 3.17. The van der Waals surface area contributed by atoms with Gasteiger partial charge in [0.15, 0.2) is 0 Å². The maximum absolute atomic E-state index is 12.3. The van der Waals surface area contributed by atoms with Gasteiger partial charge in [-0.15, -0.1) is 5.10 Å². The van der Waals surface area contributed by atoms with Crippen molar-refractivity contribution in [1.29, 1.82) is 0 Å². The number of unbranched alkanes of at least 4 members (excludes halogenated alkanes) is 1. The minimum atomic E-state index is -0.329. The Kier molecular flexibility index (Phi) is 5.42. The first-order chi connectivity index (χ1) is 12.2. The number of hydrogen-bond donors (Lipinski definition) is 0. The summed E-state index contributed by atoms with van der Waals surface area (Å²) in [4.78, 5) is 26.1. The molecule has 1 aromatic carbocycles. The summed E-state index contributed by atoms with van der Waals surface area (Å²) in [6, 6.07) is 7.61. The van der Waals surface area contributed by atoms with E-state index in [1.807, 2.05) is 31.2 Å². The Morgan fingerprint density at radius 2 is 2.12 bits per heavy atom. The molecule has 1 saturated heterocycles. The monoisotopic (exact) mass is 342 g/mol. The maximum Gasteiger partial charge on any atom is 0.409 e. The van der Waals surface area contributed by atoms with Crippen molar-refractivity contribution in [2.24, 2.45) is 0 Å². The predicted octanol–water partition coefficient (Wildman–Crippen LogP) is 2.56. The molecule has 7 heteroatoms. The fourth-order valence-electron chi connectivity index (χ4n) is 2.89. The van der Waals surface area contributed by atoms with E-state index in [-0.39, 0.29) is 17.8 Å². The van der Waals surface area contributed by atoms with Crippen molar-refractivity contribution in [3.8, 4) is 5.69 Å². The second kappa shape index (κ2) is 7.92. The zero-order valence-electron chi connectivity index (χ0n) is 14.3. The molecular weight excluding hydrogens is 320 g/mol. The number of carbonyl (C=O) groups is 2. The van der Waals surface area contributed by atoms with E-state index in [0.29, 0.717) is 26.1 Å². The average molecular weight is 342 g/mol. The third-order valence-corrected chi connectivity index (χ3v) is 4.38. The number of amides is 1. The lowest BCUT2D eigenvalue weighted by atomic mass is 9.89. The normalized spacial score (nSPS) is 17.6. The van der Waals surface area contributed by atoms with Crippen LogP contribution in [0.3, 0.4) is 0 Å². The van der Waals surface area contributed by atoms with E-state index in [0.717, 1.165) is 24.1 Å². The molecule has 1 aromatic heterocycles. The second-order valence-electron chi connectivity index (χ2n) is 6.12. The molecule has 1 aliphatic rings. The molecule has 0 spiro atoms. The van der Waals surface area contributed by atoms with Gasteiger partial charge in [0, 0.05) is 19.5 Å². The molecule has 1 fully saturated rings. The van der Waals surface area contributed by atoms with Crippen molar-refractivity contribution in [1.82, 2.24) is 19.9 Å². The number of ketones is 1. The van der Waals surface area contributed by atoms with Gasteiger partial charge in [0.2, 0.25) is 0 Å². The van der Waals surface area contributed by atoms with Gasteiger partial charge in [-0.05, 0) is 24.1 Å². The number of ether oxygens (including phenoxy) is 1. The van der Waals surface area contributed by atoms with Crippen molar-refractivity contribution in [2.45, 2.75) is 32.1 Å². The van der Waals surface area contributed by atoms with E-state index in [9.17, 15) is 9.59 Å². The summed E-state index contributed by atoms with van der Waals surface area (Å²) < 4.78 is 6.92. The van der Waals surface area contributed by atoms with E-state index in [4.69, 9.17) is 4.74 Å². The summed E-state index contributed by atoms with van der Waals surface area (Å²) in [7, 11) is 0. The number of carbonyl (C=O) groups excluding carboxylic acids is 2. The Balaban J connectivity index is 1.67. The third kappa shape index (κ3) is 4.04. The number of aromatic nitrogens is 3. The lowest BCUT2D eigenvalue weighted by Gasteiger charge is -2.31. The first kappa shape index (κ1) is 17.1. The zero-order chi connectivity index (χ0) is 17.6. The van der Waals surface area contributed by atoms with Crippen LogP contribution in [0.25, 0.3) is 5.69 Å². The highest BCUT2D eigenvalue weighted by atomic mass is 16.6. The Morgan fingerprint density at radius 1 is 1.32 bits per heavy atom. The number of hydrogen-bond acceptors (Lipinski definition) is 5. The standard InChI is InChI=1S/C18H22N4O3/c1-2-3-12-25-18(24)21-10-8-17(23)16(13-21)14-4-6-15(7-5-14)22-11-9-19-20-22/h4-7,9,11,16H,2-3,8,10,12-13H2,1H3. The molecule has 0 N–H and O–H groups in total. The second-order valence-corrected chi connectivity index (χ2v) is 6.12. The van der Waals surface area contributed by atoms with Gasteiger partial charge in [-0.3, -0.25) is 4.79 Å². The molecule has 7 nitrogen and oxygen atoms in total. The van der Waals surface area contributed by atoms with Gasteiger partial charge in [0.25, 0.3) is 0 Å². The lowest BCUT2D eigenvalue weighted by Crippen LogP contribution is -2.43. The Hall–Kier alpha value is -2.70. The number of benzene rings is 1. The van der Waals surface area contributed by atoms with Crippen LogP contribution in [0.2, 0.25) is 0 Å². The van der Waals surface area contributed by atoms with E-state index in [1.54, 1.807) is 22.0 Å². The highest BCUT2D eigenvalue weighted by molar-refractivity contribution is 5.88. The van der Waals surface area contributed by atoms with Crippen LogP contribution in [-0.4, -0.2) is 51.5 Å². The number of likely N-dealkylation sites (tertiary alicyclic amines) is 1. The van der Waals surface area contributed by atoms with Gasteiger partial charge in [0.1, 0.15) is 5.78 Å². The zero-order valence-corrected chi connectivity index (χ0v) is 14.3. The number of piperidine rings is 1. The summed E-state index contributed by atoms with van der Waals surface area (Å²) in [6.07, 6.45) is 5.23. The van der Waals surface area contributed by atoms with Gasteiger partial charge >= 0.3 is 6.09 Å². The van der Waals surface area contributed by atoms with E-state index in [1.165, 1.54) is 0 Å². The Morgan fingerprint density at radius 3 is 2.80 bits per heavy atom. The van der Waals surface area contributed by atoms with Gasteiger partial charge in [-0.2, -0.15) is 0 Å². The van der Waals surface area contributed by atoms with Crippen molar-refractivity contribution in [2.75, 3.05) is 19.7 Å². The molecule has 25 heavy (non-hydrogen) atoms. The van der Waals surface area contributed by atoms with E-state index in [2.05, 4.69) is 10.3 Å². The van der Waals surface area contributed by atoms with E-state index >= 15 is 0 Å².